The summed E-state index contributed by atoms with van der Waals surface area (Å²) in [7, 11) is 0. The molecule has 0 radical (unpaired) electrons. The number of furan rings is 1. The van der Waals surface area contributed by atoms with Gasteiger partial charge in [-0.2, -0.15) is 5.01 Å². The van der Waals surface area contributed by atoms with E-state index in [0.29, 0.717) is 17.9 Å². The fraction of sp³-hybridized carbons (Fsp3) is 0.250. The lowest BCUT2D eigenvalue weighted by Crippen LogP contribution is -2.52. The summed E-state index contributed by atoms with van der Waals surface area (Å²) in [4.78, 5) is 65.4. The molecule has 10 heteroatoms. The predicted molar refractivity (Wildman–Crippen MR) is 134 cm³/mol. The quantitative estimate of drug-likeness (QED) is 0.189. The average molecular weight is 535 g/mol. The number of amides is 3. The molecule has 0 unspecified atom stereocenters. The first-order valence-electron chi connectivity index (χ1n) is 12.2. The van der Waals surface area contributed by atoms with E-state index >= 15 is 0 Å². The van der Waals surface area contributed by atoms with Gasteiger partial charge in [0.2, 0.25) is 5.76 Å². The first-order chi connectivity index (χ1) is 18.3. The number of carbonyl (C=O) groups is 5. The van der Waals surface area contributed by atoms with Crippen molar-refractivity contribution < 1.29 is 33.1 Å². The number of carbonyl (C=O) groups excluding carboxylic acids is 5. The molecule has 5 rings (SSSR count). The SMILES string of the molecule is O=C(CN(C(=O)c1ccc(Cl)cc1)N1C(=O)[C@@H]2CCCC[C@H]2C1=O)c1ccc(OC(=O)c2ccco2)cc1. The Hall–Kier alpha value is -4.24. The minimum Gasteiger partial charge on any atom is -0.457 e. The number of nitrogens with zero attached hydrogens (tertiary/aromatic N) is 2. The van der Waals surface area contributed by atoms with Crippen LogP contribution in [0, 0.1) is 11.8 Å². The lowest BCUT2D eigenvalue weighted by Gasteiger charge is -2.30. The zero-order chi connectivity index (χ0) is 26.8. The maximum Gasteiger partial charge on any atom is 0.379 e. The van der Waals surface area contributed by atoms with Crippen LogP contribution in [-0.2, 0) is 9.59 Å². The van der Waals surface area contributed by atoms with Crippen molar-refractivity contribution in [2.24, 2.45) is 11.8 Å². The number of benzene rings is 2. The number of rotatable bonds is 7. The molecule has 1 aromatic heterocycles. The lowest BCUT2D eigenvalue weighted by molar-refractivity contribution is -0.154. The molecule has 1 saturated carbocycles. The number of ketones is 1. The Morgan fingerprint density at radius 2 is 1.50 bits per heavy atom. The highest BCUT2D eigenvalue weighted by Crippen LogP contribution is 2.39. The van der Waals surface area contributed by atoms with Gasteiger partial charge >= 0.3 is 5.97 Å². The van der Waals surface area contributed by atoms with Crippen molar-refractivity contribution in [1.82, 2.24) is 10.0 Å². The molecule has 3 amide bonds. The number of hydrogen-bond acceptors (Lipinski definition) is 7. The van der Waals surface area contributed by atoms with Gasteiger partial charge in [0.25, 0.3) is 17.7 Å². The number of imide groups is 1. The van der Waals surface area contributed by atoms with Gasteiger partial charge in [-0.05, 0) is 73.5 Å². The van der Waals surface area contributed by atoms with E-state index < -0.39 is 47.9 Å². The molecule has 1 saturated heterocycles. The van der Waals surface area contributed by atoms with Crippen LogP contribution in [-0.4, -0.2) is 46.0 Å². The molecule has 2 atom stereocenters. The zero-order valence-electron chi connectivity index (χ0n) is 20.2. The summed E-state index contributed by atoms with van der Waals surface area (Å²) in [5, 5.41) is 2.20. The third kappa shape index (κ3) is 4.97. The second kappa shape index (κ2) is 10.6. The maximum absolute atomic E-state index is 13.5. The number of esters is 1. The van der Waals surface area contributed by atoms with Crippen LogP contribution in [0.2, 0.25) is 5.02 Å². The molecular formula is C28H23ClN2O7. The van der Waals surface area contributed by atoms with Gasteiger partial charge in [-0.1, -0.05) is 24.4 Å². The zero-order valence-corrected chi connectivity index (χ0v) is 20.9. The van der Waals surface area contributed by atoms with E-state index in [2.05, 4.69) is 0 Å². The first kappa shape index (κ1) is 25.4. The van der Waals surface area contributed by atoms with Gasteiger partial charge in [0.15, 0.2) is 5.78 Å². The molecule has 2 fully saturated rings. The Kier molecular flexibility index (Phi) is 7.11. The van der Waals surface area contributed by atoms with Gasteiger partial charge in [-0.25, -0.2) is 9.80 Å². The molecule has 0 bridgehead atoms. The second-order valence-electron chi connectivity index (χ2n) is 9.17. The van der Waals surface area contributed by atoms with Crippen LogP contribution in [0.5, 0.6) is 5.75 Å². The third-order valence-electron chi connectivity index (χ3n) is 6.79. The summed E-state index contributed by atoms with van der Waals surface area (Å²) in [6.45, 7) is -0.538. The lowest BCUT2D eigenvalue weighted by atomic mass is 9.81. The van der Waals surface area contributed by atoms with E-state index in [0.717, 1.165) is 22.9 Å². The maximum atomic E-state index is 13.5. The van der Waals surface area contributed by atoms with Crippen LogP contribution in [0.4, 0.5) is 0 Å². The van der Waals surface area contributed by atoms with Gasteiger partial charge in [-0.15, -0.1) is 0 Å². The van der Waals surface area contributed by atoms with Crippen molar-refractivity contribution in [3.8, 4) is 5.75 Å². The summed E-state index contributed by atoms with van der Waals surface area (Å²) in [6, 6.07) is 14.7. The summed E-state index contributed by atoms with van der Waals surface area (Å²) in [5.41, 5.74) is 0.381. The summed E-state index contributed by atoms with van der Waals surface area (Å²) in [5.74, 6) is -3.56. The van der Waals surface area contributed by atoms with Crippen LogP contribution in [0.25, 0.3) is 0 Å². The number of halogens is 1. The summed E-state index contributed by atoms with van der Waals surface area (Å²) >= 11 is 5.96. The van der Waals surface area contributed by atoms with Gasteiger partial charge in [0.1, 0.15) is 12.3 Å². The van der Waals surface area contributed by atoms with E-state index in [-0.39, 0.29) is 22.6 Å². The van der Waals surface area contributed by atoms with E-state index in [4.69, 9.17) is 20.8 Å². The molecule has 1 aliphatic carbocycles. The minimum absolute atomic E-state index is 0.0296. The molecule has 194 valence electrons. The Balaban J connectivity index is 1.38. The monoisotopic (exact) mass is 534 g/mol. The standard InChI is InChI=1S/C28H23ClN2O7/c29-19-11-7-18(8-12-19)25(33)30(31-26(34)21-4-1-2-5-22(21)27(31)35)16-23(32)17-9-13-20(14-10-17)38-28(36)24-6-3-15-37-24/h3,6-15,21-22H,1-2,4-5,16H2/t21-,22-/m1/s1. The first-order valence-corrected chi connectivity index (χ1v) is 12.6. The van der Waals surface area contributed by atoms with Crippen LogP contribution in [0.3, 0.4) is 0 Å². The molecule has 2 aromatic carbocycles. The smallest absolute Gasteiger partial charge is 0.379 e. The number of fused-ring (bicyclic) bond motifs is 1. The van der Waals surface area contributed by atoms with Crippen LogP contribution >= 0.6 is 11.6 Å². The molecule has 2 heterocycles. The van der Waals surface area contributed by atoms with Crippen molar-refractivity contribution in [1.29, 1.82) is 0 Å². The topological polar surface area (TPSA) is 114 Å². The Morgan fingerprint density at radius 1 is 0.895 bits per heavy atom. The van der Waals surface area contributed by atoms with Crippen LogP contribution in [0.15, 0.2) is 71.3 Å². The minimum atomic E-state index is -0.693. The average Bonchev–Trinajstić information content (AvgIpc) is 3.56. The Morgan fingerprint density at radius 3 is 2.08 bits per heavy atom. The van der Waals surface area contributed by atoms with Gasteiger partial charge in [-0.3, -0.25) is 19.2 Å². The van der Waals surface area contributed by atoms with Crippen LogP contribution < -0.4 is 4.74 Å². The molecule has 3 aromatic rings. The van der Waals surface area contributed by atoms with Gasteiger partial charge in [0.05, 0.1) is 18.1 Å². The molecular weight excluding hydrogens is 512 g/mol. The highest BCUT2D eigenvalue weighted by atomic mass is 35.5. The highest BCUT2D eigenvalue weighted by Gasteiger charge is 2.51. The van der Waals surface area contributed by atoms with Crippen molar-refractivity contribution in [3.63, 3.8) is 0 Å². The van der Waals surface area contributed by atoms with Gasteiger partial charge < -0.3 is 9.15 Å². The summed E-state index contributed by atoms with van der Waals surface area (Å²) < 4.78 is 10.2. The van der Waals surface area contributed by atoms with E-state index in [1.165, 1.54) is 60.9 Å². The van der Waals surface area contributed by atoms with E-state index in [1.807, 2.05) is 0 Å². The largest absolute Gasteiger partial charge is 0.457 e. The normalized spacial score (nSPS) is 18.7. The molecule has 0 spiro atoms. The second-order valence-corrected chi connectivity index (χ2v) is 9.61. The van der Waals surface area contributed by atoms with Crippen molar-refractivity contribution in [2.45, 2.75) is 25.7 Å². The highest BCUT2D eigenvalue weighted by molar-refractivity contribution is 6.30. The van der Waals surface area contributed by atoms with Crippen molar-refractivity contribution >= 4 is 41.1 Å². The summed E-state index contributed by atoms with van der Waals surface area (Å²) in [6.07, 6.45) is 4.14. The van der Waals surface area contributed by atoms with Crippen molar-refractivity contribution in [2.75, 3.05) is 6.54 Å². The Labute approximate surface area is 222 Å². The van der Waals surface area contributed by atoms with Gasteiger partial charge in [0, 0.05) is 16.1 Å². The molecule has 38 heavy (non-hydrogen) atoms. The van der Waals surface area contributed by atoms with Crippen LogP contribution in [0.1, 0.15) is 57.0 Å². The predicted octanol–water partition coefficient (Wildman–Crippen LogP) is 4.57. The van der Waals surface area contributed by atoms with Crippen molar-refractivity contribution in [3.05, 3.63) is 88.8 Å². The number of hydrazine groups is 1. The third-order valence-corrected chi connectivity index (χ3v) is 7.04. The fourth-order valence-electron chi connectivity index (χ4n) is 4.85. The molecule has 0 N–H and O–H groups in total. The number of hydrogen-bond donors (Lipinski definition) is 0. The fourth-order valence-corrected chi connectivity index (χ4v) is 4.97. The molecule has 9 nitrogen and oxygen atoms in total. The molecule has 2 aliphatic rings. The Bertz CT molecular complexity index is 1360. The van der Waals surface area contributed by atoms with E-state index in [1.54, 1.807) is 6.07 Å². The number of Topliss-reactive ketones (excluding diaryl/α,β-unsaturated/α-hetero) is 1. The number of ether oxygens (including phenoxy) is 1. The van der Waals surface area contributed by atoms with E-state index in [9.17, 15) is 24.0 Å². The molecule has 1 aliphatic heterocycles.